The fourth-order valence-electron chi connectivity index (χ4n) is 1.24. The summed E-state index contributed by atoms with van der Waals surface area (Å²) in [6, 6.07) is 0.183. The lowest BCUT2D eigenvalue weighted by Crippen LogP contribution is -2.17. The third kappa shape index (κ3) is 5.78. The number of nitrogens with zero attached hydrogens (tertiary/aromatic N) is 1. The monoisotopic (exact) mass is 276 g/mol. The van der Waals surface area contributed by atoms with Crippen LogP contribution in [0.15, 0.2) is 5.38 Å². The highest BCUT2D eigenvalue weighted by atomic mass is 32.2. The van der Waals surface area contributed by atoms with Gasteiger partial charge in [0, 0.05) is 34.2 Å². The van der Waals surface area contributed by atoms with Gasteiger partial charge in [-0.15, -0.1) is 11.3 Å². The van der Waals surface area contributed by atoms with Crippen molar-refractivity contribution in [1.29, 1.82) is 0 Å². The number of thiazole rings is 1. The Morgan fingerprint density at radius 1 is 1.71 bits per heavy atom. The largest absolute Gasteiger partial charge is 0.481 e. The number of carbonyl (C=O) groups is 1. The Hall–Kier alpha value is -0.950. The summed E-state index contributed by atoms with van der Waals surface area (Å²) in [5.74, 6) is -0.224. The molecule has 2 atom stereocenters. The number of anilines is 1. The molecule has 0 spiro atoms. The van der Waals surface area contributed by atoms with Gasteiger partial charge in [-0.1, -0.05) is 0 Å². The van der Waals surface area contributed by atoms with E-state index in [2.05, 4.69) is 10.3 Å². The van der Waals surface area contributed by atoms with Crippen molar-refractivity contribution >= 4 is 33.2 Å². The molecule has 7 heteroatoms. The Morgan fingerprint density at radius 3 is 3.00 bits per heavy atom. The van der Waals surface area contributed by atoms with Crippen LogP contribution in [0.3, 0.4) is 0 Å². The topological polar surface area (TPSA) is 79.3 Å². The van der Waals surface area contributed by atoms with Crippen LogP contribution in [0.2, 0.25) is 0 Å². The minimum atomic E-state index is -0.878. The van der Waals surface area contributed by atoms with E-state index in [4.69, 9.17) is 5.11 Å². The third-order valence-electron chi connectivity index (χ3n) is 2.09. The maximum absolute atomic E-state index is 10.9. The summed E-state index contributed by atoms with van der Waals surface area (Å²) in [6.45, 7) is 1.99. The van der Waals surface area contributed by atoms with Crippen molar-refractivity contribution in [1.82, 2.24) is 4.98 Å². The van der Waals surface area contributed by atoms with Crippen molar-refractivity contribution in [3.8, 4) is 0 Å². The van der Waals surface area contributed by atoms with E-state index < -0.39 is 16.8 Å². The number of hydrogen-bond donors (Lipinski definition) is 2. The van der Waals surface area contributed by atoms with E-state index in [1.54, 1.807) is 11.6 Å². The lowest BCUT2D eigenvalue weighted by Gasteiger charge is -2.11. The quantitative estimate of drug-likeness (QED) is 0.785. The van der Waals surface area contributed by atoms with Crippen LogP contribution >= 0.6 is 11.3 Å². The normalized spacial score (nSPS) is 14.2. The molecule has 1 heterocycles. The molecule has 0 saturated carbocycles. The zero-order chi connectivity index (χ0) is 12.8. The fourth-order valence-corrected chi connectivity index (χ4v) is 2.74. The first kappa shape index (κ1) is 14.1. The van der Waals surface area contributed by atoms with Gasteiger partial charge in [-0.05, 0) is 13.3 Å². The molecule has 96 valence electrons. The van der Waals surface area contributed by atoms with Gasteiger partial charge < -0.3 is 10.4 Å². The zero-order valence-electron chi connectivity index (χ0n) is 9.80. The SMILES string of the molecule is CC(CCS(C)=O)Nc1nc(CC(=O)O)cs1. The minimum absolute atomic E-state index is 0.0501. The summed E-state index contributed by atoms with van der Waals surface area (Å²) in [4.78, 5) is 14.7. The van der Waals surface area contributed by atoms with Crippen LogP contribution in [0.25, 0.3) is 0 Å². The maximum Gasteiger partial charge on any atom is 0.309 e. The fraction of sp³-hybridized carbons (Fsp3) is 0.600. The van der Waals surface area contributed by atoms with Crippen molar-refractivity contribution in [3.05, 3.63) is 11.1 Å². The highest BCUT2D eigenvalue weighted by Gasteiger charge is 2.08. The van der Waals surface area contributed by atoms with Gasteiger partial charge in [0.25, 0.3) is 0 Å². The number of carboxylic acid groups (broad SMARTS) is 1. The molecule has 1 aromatic rings. The van der Waals surface area contributed by atoms with Crippen molar-refractivity contribution in [2.24, 2.45) is 0 Å². The van der Waals surface area contributed by atoms with Crippen LogP contribution in [0, 0.1) is 0 Å². The highest BCUT2D eigenvalue weighted by Crippen LogP contribution is 2.17. The Balaban J connectivity index is 2.42. The predicted octanol–water partition coefficient (Wildman–Crippen LogP) is 1.34. The van der Waals surface area contributed by atoms with Crippen LogP contribution < -0.4 is 5.32 Å². The molecule has 1 aromatic heterocycles. The molecule has 0 radical (unpaired) electrons. The number of carboxylic acids is 1. The smallest absolute Gasteiger partial charge is 0.309 e. The second-order valence-electron chi connectivity index (χ2n) is 3.83. The predicted molar refractivity (Wildman–Crippen MR) is 70.1 cm³/mol. The molecule has 0 fully saturated rings. The van der Waals surface area contributed by atoms with Crippen molar-refractivity contribution in [3.63, 3.8) is 0 Å². The second kappa shape index (κ2) is 6.70. The summed E-state index contributed by atoms with van der Waals surface area (Å²) < 4.78 is 10.9. The minimum Gasteiger partial charge on any atom is -0.481 e. The molecule has 2 unspecified atom stereocenters. The highest BCUT2D eigenvalue weighted by molar-refractivity contribution is 7.84. The van der Waals surface area contributed by atoms with Gasteiger partial charge in [-0.3, -0.25) is 9.00 Å². The molecule has 5 nitrogen and oxygen atoms in total. The number of hydrogen-bond acceptors (Lipinski definition) is 5. The molecule has 17 heavy (non-hydrogen) atoms. The molecule has 0 aliphatic carbocycles. The summed E-state index contributed by atoms with van der Waals surface area (Å²) in [5.41, 5.74) is 0.566. The summed E-state index contributed by atoms with van der Waals surface area (Å²) in [7, 11) is -0.781. The molecule has 0 aromatic carbocycles. The van der Waals surface area contributed by atoms with E-state index >= 15 is 0 Å². The van der Waals surface area contributed by atoms with Gasteiger partial charge in [0.1, 0.15) is 0 Å². The molecular formula is C10H16N2O3S2. The zero-order valence-corrected chi connectivity index (χ0v) is 11.4. The first-order valence-corrected chi connectivity index (χ1v) is 7.81. The summed E-state index contributed by atoms with van der Waals surface area (Å²) in [6.07, 6.45) is 2.43. The van der Waals surface area contributed by atoms with E-state index in [0.717, 1.165) is 11.6 Å². The van der Waals surface area contributed by atoms with Crippen LogP contribution in [0.4, 0.5) is 5.13 Å². The van der Waals surface area contributed by atoms with Gasteiger partial charge in [0.2, 0.25) is 0 Å². The molecule has 1 rings (SSSR count). The average molecular weight is 276 g/mol. The first-order valence-electron chi connectivity index (χ1n) is 5.20. The molecular weight excluding hydrogens is 260 g/mol. The Bertz CT molecular complexity index is 406. The van der Waals surface area contributed by atoms with Gasteiger partial charge in [0.15, 0.2) is 5.13 Å². The average Bonchev–Trinajstić information content (AvgIpc) is 2.61. The van der Waals surface area contributed by atoms with Crippen LogP contribution in [-0.2, 0) is 22.0 Å². The van der Waals surface area contributed by atoms with E-state index in [0.29, 0.717) is 11.4 Å². The molecule has 0 bridgehead atoms. The first-order chi connectivity index (χ1) is 7.97. The number of aromatic nitrogens is 1. The van der Waals surface area contributed by atoms with Crippen molar-refractivity contribution < 1.29 is 14.1 Å². The number of nitrogens with one attached hydrogen (secondary N) is 1. The molecule has 0 aliphatic rings. The van der Waals surface area contributed by atoms with E-state index in [9.17, 15) is 9.00 Å². The van der Waals surface area contributed by atoms with E-state index in [1.807, 2.05) is 6.92 Å². The molecule has 0 amide bonds. The van der Waals surface area contributed by atoms with Crippen LogP contribution in [-0.4, -0.2) is 38.3 Å². The maximum atomic E-state index is 10.9. The number of aliphatic carboxylic acids is 1. The van der Waals surface area contributed by atoms with Crippen molar-refractivity contribution in [2.75, 3.05) is 17.3 Å². The summed E-state index contributed by atoms with van der Waals surface area (Å²) >= 11 is 1.39. The standard InChI is InChI=1S/C10H16N2O3S2/c1-7(3-4-17(2)15)11-10-12-8(6-16-10)5-9(13)14/h6-7H,3-5H2,1-2H3,(H,11,12)(H,13,14). The molecule has 0 saturated heterocycles. The Kier molecular flexibility index (Phi) is 5.57. The lowest BCUT2D eigenvalue weighted by atomic mass is 10.3. The Morgan fingerprint density at radius 2 is 2.41 bits per heavy atom. The molecule has 0 aliphatic heterocycles. The lowest BCUT2D eigenvalue weighted by molar-refractivity contribution is -0.136. The van der Waals surface area contributed by atoms with Gasteiger partial charge in [0.05, 0.1) is 12.1 Å². The van der Waals surface area contributed by atoms with Crippen LogP contribution in [0.5, 0.6) is 0 Å². The molecule has 2 N–H and O–H groups in total. The summed E-state index contributed by atoms with van der Waals surface area (Å²) in [5, 5.41) is 14.2. The van der Waals surface area contributed by atoms with Crippen LogP contribution in [0.1, 0.15) is 19.0 Å². The van der Waals surface area contributed by atoms with E-state index in [1.165, 1.54) is 11.3 Å². The van der Waals surface area contributed by atoms with Gasteiger partial charge in [-0.25, -0.2) is 4.98 Å². The number of rotatable bonds is 7. The van der Waals surface area contributed by atoms with E-state index in [-0.39, 0.29) is 12.5 Å². The van der Waals surface area contributed by atoms with Gasteiger partial charge >= 0.3 is 5.97 Å². The second-order valence-corrected chi connectivity index (χ2v) is 6.24. The Labute approximate surface area is 107 Å². The third-order valence-corrected chi connectivity index (χ3v) is 3.73. The van der Waals surface area contributed by atoms with Crippen molar-refractivity contribution in [2.45, 2.75) is 25.8 Å². The van der Waals surface area contributed by atoms with Gasteiger partial charge in [-0.2, -0.15) is 0 Å².